The highest BCUT2D eigenvalue weighted by Gasteiger charge is 2.17. The van der Waals surface area contributed by atoms with E-state index in [1.807, 2.05) is 6.92 Å². The summed E-state index contributed by atoms with van der Waals surface area (Å²) >= 11 is 11.9. The standard InChI is InChI=1S/C17H17Cl2NO3/c1-10-8-15(16(22-3)9-14(10)19)20-17(21)11(2)23-13-6-4-12(18)5-7-13/h4-9,11H,1-3H3,(H,20,21)/t11-/m1/s1. The van der Waals surface area contributed by atoms with Crippen LogP contribution in [0.2, 0.25) is 10.0 Å². The molecule has 0 fully saturated rings. The van der Waals surface area contributed by atoms with E-state index < -0.39 is 6.10 Å². The highest BCUT2D eigenvalue weighted by atomic mass is 35.5. The monoisotopic (exact) mass is 353 g/mol. The molecule has 1 N–H and O–H groups in total. The Kier molecular flexibility index (Phi) is 5.74. The van der Waals surface area contributed by atoms with Crippen molar-refractivity contribution in [2.75, 3.05) is 12.4 Å². The zero-order valence-electron chi connectivity index (χ0n) is 13.0. The zero-order valence-corrected chi connectivity index (χ0v) is 14.5. The predicted octanol–water partition coefficient (Wildman–Crippen LogP) is 4.72. The molecule has 122 valence electrons. The summed E-state index contributed by atoms with van der Waals surface area (Å²) in [5.74, 6) is 0.768. The van der Waals surface area contributed by atoms with Crippen LogP contribution in [0.1, 0.15) is 12.5 Å². The Balaban J connectivity index is 2.09. The topological polar surface area (TPSA) is 47.6 Å². The van der Waals surface area contributed by atoms with Crippen LogP contribution in [-0.4, -0.2) is 19.1 Å². The van der Waals surface area contributed by atoms with E-state index in [-0.39, 0.29) is 5.91 Å². The van der Waals surface area contributed by atoms with Crippen molar-refractivity contribution >= 4 is 34.8 Å². The third-order valence-corrected chi connectivity index (χ3v) is 3.89. The zero-order chi connectivity index (χ0) is 17.0. The molecule has 0 spiro atoms. The van der Waals surface area contributed by atoms with Crippen LogP contribution in [0, 0.1) is 6.92 Å². The lowest BCUT2D eigenvalue weighted by molar-refractivity contribution is -0.122. The Morgan fingerprint density at radius 1 is 1.17 bits per heavy atom. The van der Waals surface area contributed by atoms with E-state index in [1.54, 1.807) is 43.3 Å². The molecule has 0 aliphatic carbocycles. The minimum absolute atomic E-state index is 0.292. The number of carbonyl (C=O) groups excluding carboxylic acids is 1. The summed E-state index contributed by atoms with van der Waals surface area (Å²) in [5, 5.41) is 3.97. The number of methoxy groups -OCH3 is 1. The van der Waals surface area contributed by atoms with Gasteiger partial charge in [0.05, 0.1) is 12.8 Å². The number of anilines is 1. The van der Waals surface area contributed by atoms with Gasteiger partial charge in [-0.05, 0) is 49.7 Å². The van der Waals surface area contributed by atoms with Gasteiger partial charge < -0.3 is 14.8 Å². The first-order chi connectivity index (χ1) is 10.9. The number of hydrogen-bond acceptors (Lipinski definition) is 3. The summed E-state index contributed by atoms with van der Waals surface area (Å²) in [4.78, 5) is 12.3. The molecule has 2 rings (SSSR count). The highest BCUT2D eigenvalue weighted by Crippen LogP contribution is 2.31. The van der Waals surface area contributed by atoms with Gasteiger partial charge in [0, 0.05) is 16.1 Å². The Morgan fingerprint density at radius 3 is 2.43 bits per heavy atom. The number of carbonyl (C=O) groups is 1. The summed E-state index contributed by atoms with van der Waals surface area (Å²) in [6, 6.07) is 10.2. The summed E-state index contributed by atoms with van der Waals surface area (Å²) in [7, 11) is 1.52. The third kappa shape index (κ3) is 4.53. The lowest BCUT2D eigenvalue weighted by Crippen LogP contribution is -2.30. The number of rotatable bonds is 5. The molecular weight excluding hydrogens is 337 g/mol. The number of halogens is 2. The minimum atomic E-state index is -0.683. The molecule has 0 radical (unpaired) electrons. The van der Waals surface area contributed by atoms with Crippen LogP contribution >= 0.6 is 23.2 Å². The maximum atomic E-state index is 12.3. The van der Waals surface area contributed by atoms with E-state index in [0.29, 0.717) is 27.2 Å². The molecule has 0 saturated carbocycles. The van der Waals surface area contributed by atoms with E-state index >= 15 is 0 Å². The van der Waals surface area contributed by atoms with Crippen LogP contribution in [-0.2, 0) is 4.79 Å². The molecule has 0 bridgehead atoms. The van der Waals surface area contributed by atoms with Crippen LogP contribution in [0.5, 0.6) is 11.5 Å². The molecule has 2 aromatic rings. The second-order valence-corrected chi connectivity index (χ2v) is 5.85. The minimum Gasteiger partial charge on any atom is -0.495 e. The van der Waals surface area contributed by atoms with Crippen molar-refractivity contribution in [2.24, 2.45) is 0 Å². The van der Waals surface area contributed by atoms with Gasteiger partial charge in [0.1, 0.15) is 11.5 Å². The van der Waals surface area contributed by atoms with Gasteiger partial charge in [0.25, 0.3) is 5.91 Å². The van der Waals surface area contributed by atoms with Crippen molar-refractivity contribution in [3.63, 3.8) is 0 Å². The molecule has 23 heavy (non-hydrogen) atoms. The van der Waals surface area contributed by atoms with E-state index in [4.69, 9.17) is 32.7 Å². The first-order valence-corrected chi connectivity index (χ1v) is 7.73. The van der Waals surface area contributed by atoms with Crippen molar-refractivity contribution in [3.05, 3.63) is 52.0 Å². The van der Waals surface area contributed by atoms with Crippen LogP contribution in [0.4, 0.5) is 5.69 Å². The largest absolute Gasteiger partial charge is 0.495 e. The third-order valence-electron chi connectivity index (χ3n) is 3.23. The number of amides is 1. The second-order valence-electron chi connectivity index (χ2n) is 5.00. The Bertz CT molecular complexity index is 702. The van der Waals surface area contributed by atoms with Gasteiger partial charge >= 0.3 is 0 Å². The second kappa shape index (κ2) is 7.57. The average Bonchev–Trinajstić information content (AvgIpc) is 2.52. The molecule has 1 atom stereocenters. The fraction of sp³-hybridized carbons (Fsp3) is 0.235. The van der Waals surface area contributed by atoms with Gasteiger partial charge in [0.15, 0.2) is 6.10 Å². The molecule has 2 aromatic carbocycles. The number of aryl methyl sites for hydroxylation is 1. The SMILES string of the molecule is COc1cc(Cl)c(C)cc1NC(=O)[C@@H](C)Oc1ccc(Cl)cc1. The summed E-state index contributed by atoms with van der Waals surface area (Å²) < 4.78 is 10.8. The lowest BCUT2D eigenvalue weighted by Gasteiger charge is -2.17. The summed E-state index contributed by atoms with van der Waals surface area (Å²) in [5.41, 5.74) is 1.39. The van der Waals surface area contributed by atoms with Crippen LogP contribution in [0.15, 0.2) is 36.4 Å². The van der Waals surface area contributed by atoms with Gasteiger partial charge in [-0.3, -0.25) is 4.79 Å². The number of nitrogens with one attached hydrogen (secondary N) is 1. The van der Waals surface area contributed by atoms with Crippen LogP contribution in [0.25, 0.3) is 0 Å². The van der Waals surface area contributed by atoms with Crippen molar-refractivity contribution < 1.29 is 14.3 Å². The average molecular weight is 354 g/mol. The molecule has 0 unspecified atom stereocenters. The smallest absolute Gasteiger partial charge is 0.265 e. The summed E-state index contributed by atoms with van der Waals surface area (Å²) in [6.07, 6.45) is -0.683. The van der Waals surface area contributed by atoms with Gasteiger partial charge in [-0.2, -0.15) is 0 Å². The van der Waals surface area contributed by atoms with E-state index in [0.717, 1.165) is 5.56 Å². The molecule has 0 saturated heterocycles. The molecule has 1 amide bonds. The molecule has 6 heteroatoms. The first kappa shape index (κ1) is 17.4. The molecule has 0 aliphatic heterocycles. The predicted molar refractivity (Wildman–Crippen MR) is 92.9 cm³/mol. The van der Waals surface area contributed by atoms with Crippen LogP contribution < -0.4 is 14.8 Å². The Hall–Kier alpha value is -1.91. The number of benzene rings is 2. The van der Waals surface area contributed by atoms with E-state index in [2.05, 4.69) is 5.32 Å². The summed E-state index contributed by atoms with van der Waals surface area (Å²) in [6.45, 7) is 3.52. The molecule has 0 heterocycles. The molecule has 0 aromatic heterocycles. The number of ether oxygens (including phenoxy) is 2. The van der Waals surface area contributed by atoms with E-state index in [1.165, 1.54) is 7.11 Å². The van der Waals surface area contributed by atoms with Gasteiger partial charge in [0.2, 0.25) is 0 Å². The van der Waals surface area contributed by atoms with Gasteiger partial charge in [-0.15, -0.1) is 0 Å². The maximum absolute atomic E-state index is 12.3. The van der Waals surface area contributed by atoms with E-state index in [9.17, 15) is 4.79 Å². The normalized spacial score (nSPS) is 11.7. The Morgan fingerprint density at radius 2 is 1.83 bits per heavy atom. The Labute approximate surface area is 145 Å². The van der Waals surface area contributed by atoms with Gasteiger partial charge in [-0.25, -0.2) is 0 Å². The molecule has 0 aliphatic rings. The van der Waals surface area contributed by atoms with Gasteiger partial charge in [-0.1, -0.05) is 23.2 Å². The fourth-order valence-corrected chi connectivity index (χ4v) is 2.21. The van der Waals surface area contributed by atoms with Crippen molar-refractivity contribution in [1.29, 1.82) is 0 Å². The molecule has 4 nitrogen and oxygen atoms in total. The van der Waals surface area contributed by atoms with Crippen molar-refractivity contribution in [3.8, 4) is 11.5 Å². The lowest BCUT2D eigenvalue weighted by atomic mass is 10.2. The molecular formula is C17H17Cl2NO3. The van der Waals surface area contributed by atoms with Crippen molar-refractivity contribution in [1.82, 2.24) is 0 Å². The van der Waals surface area contributed by atoms with Crippen LogP contribution in [0.3, 0.4) is 0 Å². The van der Waals surface area contributed by atoms with Crippen molar-refractivity contribution in [2.45, 2.75) is 20.0 Å². The highest BCUT2D eigenvalue weighted by molar-refractivity contribution is 6.31. The maximum Gasteiger partial charge on any atom is 0.265 e. The fourth-order valence-electron chi connectivity index (χ4n) is 1.93. The quantitative estimate of drug-likeness (QED) is 0.845. The number of hydrogen-bond donors (Lipinski definition) is 1. The first-order valence-electron chi connectivity index (χ1n) is 6.98.